The first-order valence-corrected chi connectivity index (χ1v) is 12.8. The number of hydrogen-bond acceptors (Lipinski definition) is 9. The van der Waals surface area contributed by atoms with E-state index < -0.39 is 11.7 Å². The monoisotopic (exact) mass is 538 g/mol. The van der Waals surface area contributed by atoms with E-state index >= 15 is 0 Å². The molecule has 0 radical (unpaired) electrons. The molecule has 1 N–H and O–H groups in total. The first-order chi connectivity index (χ1) is 19.4. The lowest BCUT2D eigenvalue weighted by molar-refractivity contribution is -0.126. The van der Waals surface area contributed by atoms with Gasteiger partial charge in [0.25, 0.3) is 11.7 Å². The number of methoxy groups -OCH3 is 1. The van der Waals surface area contributed by atoms with Gasteiger partial charge in [-0.3, -0.25) is 9.59 Å². The van der Waals surface area contributed by atoms with Crippen molar-refractivity contribution >= 4 is 28.2 Å². The third-order valence-electron chi connectivity index (χ3n) is 6.95. The molecule has 0 spiro atoms. The minimum absolute atomic E-state index is 0.213. The number of nitrogens with one attached hydrogen (secondary N) is 1. The Kier molecular flexibility index (Phi) is 6.42. The molecule has 1 fully saturated rings. The molecule has 202 valence electrons. The molecular formula is C28H26N8O4. The molecule has 4 aromatic heterocycles. The van der Waals surface area contributed by atoms with Crippen molar-refractivity contribution in [2.75, 3.05) is 20.2 Å². The zero-order valence-electron chi connectivity index (χ0n) is 22.2. The predicted molar refractivity (Wildman–Crippen MR) is 144 cm³/mol. The number of hydrogen-bond donors (Lipinski definition) is 1. The van der Waals surface area contributed by atoms with E-state index in [2.05, 4.69) is 30.5 Å². The molecule has 5 aromatic rings. The van der Waals surface area contributed by atoms with Gasteiger partial charge in [0.05, 0.1) is 41.7 Å². The SMILES string of the molecule is COc1cnc(-n2cc(C)nn2)c2[nH]cc(C(=O)C(=O)N3CCC(=C(c4ccccc4)c4nnc(C)o4)CC3)c12. The van der Waals surface area contributed by atoms with Crippen molar-refractivity contribution in [3.05, 3.63) is 83.1 Å². The van der Waals surface area contributed by atoms with Crippen LogP contribution in [0, 0.1) is 13.8 Å². The van der Waals surface area contributed by atoms with Gasteiger partial charge in [0.1, 0.15) is 5.75 Å². The molecule has 1 aliphatic heterocycles. The fourth-order valence-electron chi connectivity index (χ4n) is 5.03. The summed E-state index contributed by atoms with van der Waals surface area (Å²) in [6.07, 6.45) is 5.89. The average Bonchev–Trinajstić information content (AvgIpc) is 3.73. The van der Waals surface area contributed by atoms with Gasteiger partial charge in [-0.25, -0.2) is 4.98 Å². The van der Waals surface area contributed by atoms with Crippen LogP contribution in [0.4, 0.5) is 0 Å². The Morgan fingerprint density at radius 2 is 1.82 bits per heavy atom. The Balaban J connectivity index is 1.28. The third-order valence-corrected chi connectivity index (χ3v) is 6.95. The number of amides is 1. The number of carbonyl (C=O) groups is 2. The van der Waals surface area contributed by atoms with Gasteiger partial charge >= 0.3 is 0 Å². The van der Waals surface area contributed by atoms with Gasteiger partial charge in [-0.2, -0.15) is 4.68 Å². The number of rotatable bonds is 6. The molecule has 0 saturated carbocycles. The number of aryl methyl sites for hydroxylation is 2. The number of ether oxygens (including phenoxy) is 1. The maximum Gasteiger partial charge on any atom is 0.295 e. The first-order valence-electron chi connectivity index (χ1n) is 12.8. The van der Waals surface area contributed by atoms with E-state index in [0.29, 0.717) is 65.9 Å². The maximum absolute atomic E-state index is 13.5. The second-order valence-electron chi connectivity index (χ2n) is 9.50. The van der Waals surface area contributed by atoms with E-state index in [-0.39, 0.29) is 5.56 Å². The Morgan fingerprint density at radius 3 is 2.48 bits per heavy atom. The highest BCUT2D eigenvalue weighted by atomic mass is 16.5. The summed E-state index contributed by atoms with van der Waals surface area (Å²) in [4.78, 5) is 36.1. The summed E-state index contributed by atoms with van der Waals surface area (Å²) >= 11 is 0. The molecule has 12 nitrogen and oxygen atoms in total. The highest BCUT2D eigenvalue weighted by Gasteiger charge is 2.31. The van der Waals surface area contributed by atoms with Crippen molar-refractivity contribution < 1.29 is 18.7 Å². The van der Waals surface area contributed by atoms with Crippen molar-refractivity contribution in [2.24, 2.45) is 0 Å². The highest BCUT2D eigenvalue weighted by Crippen LogP contribution is 2.34. The van der Waals surface area contributed by atoms with Crippen molar-refractivity contribution in [1.29, 1.82) is 0 Å². The van der Waals surface area contributed by atoms with Gasteiger partial charge in [0.2, 0.25) is 11.8 Å². The van der Waals surface area contributed by atoms with Crippen molar-refractivity contribution in [3.8, 4) is 11.6 Å². The van der Waals surface area contributed by atoms with Gasteiger partial charge in [-0.15, -0.1) is 15.3 Å². The van der Waals surface area contributed by atoms with Gasteiger partial charge in [-0.05, 0) is 25.3 Å². The number of nitrogens with zero attached hydrogens (tertiary/aromatic N) is 7. The topological polar surface area (TPSA) is 145 Å². The van der Waals surface area contributed by atoms with Crippen LogP contribution >= 0.6 is 0 Å². The number of likely N-dealkylation sites (tertiary alicyclic amines) is 1. The molecule has 1 aliphatic rings. The van der Waals surface area contributed by atoms with Crippen LogP contribution in [0.3, 0.4) is 0 Å². The van der Waals surface area contributed by atoms with Crippen LogP contribution in [0.25, 0.3) is 22.3 Å². The predicted octanol–water partition coefficient (Wildman–Crippen LogP) is 3.46. The van der Waals surface area contributed by atoms with Gasteiger partial charge in [0, 0.05) is 31.8 Å². The standard InChI is InChI=1S/C28H26N8O4/c1-16-15-36(34-31-16)26-24-23(21(39-3)14-30-26)20(13-29-24)25(37)28(38)35-11-9-19(10-12-35)22(18-7-5-4-6-8-18)27-33-32-17(2)40-27/h4-8,13-15,29H,9-12H2,1-3H3. The Bertz CT molecular complexity index is 1760. The van der Waals surface area contributed by atoms with Crippen LogP contribution in [-0.2, 0) is 4.79 Å². The van der Waals surface area contributed by atoms with Crippen LogP contribution in [0.15, 0.2) is 58.9 Å². The molecule has 0 unspecified atom stereocenters. The smallest absolute Gasteiger partial charge is 0.295 e. The Hall–Kier alpha value is -5.13. The lowest BCUT2D eigenvalue weighted by Gasteiger charge is -2.29. The molecular weight excluding hydrogens is 512 g/mol. The van der Waals surface area contributed by atoms with E-state index in [1.807, 2.05) is 37.3 Å². The molecule has 0 bridgehead atoms. The van der Waals surface area contributed by atoms with Crippen molar-refractivity contribution in [1.82, 2.24) is 40.1 Å². The van der Waals surface area contributed by atoms with Crippen LogP contribution in [-0.4, -0.2) is 71.9 Å². The normalized spacial score (nSPS) is 13.6. The average molecular weight is 539 g/mol. The second-order valence-corrected chi connectivity index (χ2v) is 9.50. The lowest BCUT2D eigenvalue weighted by Crippen LogP contribution is -2.40. The minimum atomic E-state index is -0.625. The summed E-state index contributed by atoms with van der Waals surface area (Å²) < 4.78 is 12.8. The first kappa shape index (κ1) is 25.2. The number of benzene rings is 1. The third kappa shape index (κ3) is 4.42. The van der Waals surface area contributed by atoms with Crippen molar-refractivity contribution in [3.63, 3.8) is 0 Å². The minimum Gasteiger partial charge on any atom is -0.494 e. The van der Waals surface area contributed by atoms with E-state index in [1.165, 1.54) is 24.2 Å². The number of fused-ring (bicyclic) bond motifs is 1. The van der Waals surface area contributed by atoms with Crippen LogP contribution in [0.5, 0.6) is 5.75 Å². The van der Waals surface area contributed by atoms with E-state index in [4.69, 9.17) is 9.15 Å². The van der Waals surface area contributed by atoms with E-state index in [1.54, 1.807) is 18.0 Å². The Labute approximate surface area is 228 Å². The molecule has 1 amide bonds. The maximum atomic E-state index is 13.5. The van der Waals surface area contributed by atoms with E-state index in [9.17, 15) is 9.59 Å². The molecule has 5 heterocycles. The lowest BCUT2D eigenvalue weighted by atomic mass is 9.92. The summed E-state index contributed by atoms with van der Waals surface area (Å²) in [5.74, 6) is 0.548. The number of piperidine rings is 1. The number of H-pyrrole nitrogens is 1. The van der Waals surface area contributed by atoms with Crippen LogP contribution in [0.1, 0.15) is 46.2 Å². The molecule has 1 aromatic carbocycles. The molecule has 40 heavy (non-hydrogen) atoms. The second kappa shape index (κ2) is 10.2. The van der Waals surface area contributed by atoms with Crippen LogP contribution in [0.2, 0.25) is 0 Å². The largest absolute Gasteiger partial charge is 0.494 e. The van der Waals surface area contributed by atoms with Crippen LogP contribution < -0.4 is 4.74 Å². The fraction of sp³-hybridized carbons (Fsp3) is 0.250. The summed E-state index contributed by atoms with van der Waals surface area (Å²) in [5.41, 5.74) is 4.39. The Morgan fingerprint density at radius 1 is 1.05 bits per heavy atom. The quantitative estimate of drug-likeness (QED) is 0.254. The zero-order chi connectivity index (χ0) is 27.8. The number of aromatic nitrogens is 7. The molecule has 0 atom stereocenters. The number of aromatic amines is 1. The highest BCUT2D eigenvalue weighted by molar-refractivity contribution is 6.45. The summed E-state index contributed by atoms with van der Waals surface area (Å²) in [6, 6.07) is 9.85. The van der Waals surface area contributed by atoms with Gasteiger partial charge in [-0.1, -0.05) is 41.1 Å². The number of pyridine rings is 1. The zero-order valence-corrected chi connectivity index (χ0v) is 22.2. The number of Topliss-reactive ketones (excluding diaryl/α,β-unsaturated/α-hetero) is 1. The molecule has 0 aliphatic carbocycles. The number of ketones is 1. The van der Waals surface area contributed by atoms with Gasteiger partial charge < -0.3 is 19.0 Å². The summed E-state index contributed by atoms with van der Waals surface area (Å²) in [7, 11) is 1.49. The fourth-order valence-corrected chi connectivity index (χ4v) is 5.03. The van der Waals surface area contributed by atoms with Crippen molar-refractivity contribution in [2.45, 2.75) is 26.7 Å². The molecule has 1 saturated heterocycles. The molecule has 6 rings (SSSR count). The summed E-state index contributed by atoms with van der Waals surface area (Å²) in [6.45, 7) is 4.34. The number of carbonyl (C=O) groups excluding carboxylic acids is 2. The molecule has 12 heteroatoms. The summed E-state index contributed by atoms with van der Waals surface area (Å²) in [5, 5.41) is 16.8. The van der Waals surface area contributed by atoms with E-state index in [0.717, 1.165) is 16.7 Å². The van der Waals surface area contributed by atoms with Gasteiger partial charge in [0.15, 0.2) is 5.82 Å².